The lowest BCUT2D eigenvalue weighted by Gasteiger charge is -2.06. The van der Waals surface area contributed by atoms with Gasteiger partial charge in [-0.1, -0.05) is 29.8 Å². The minimum atomic E-state index is 0.604. The highest BCUT2D eigenvalue weighted by atomic mass is 16.5. The number of rotatable bonds is 3. The summed E-state index contributed by atoms with van der Waals surface area (Å²) < 4.78 is 5.79. The molecule has 0 fully saturated rings. The number of benzene rings is 2. The molecule has 0 bridgehead atoms. The predicted molar refractivity (Wildman–Crippen MR) is 73.8 cm³/mol. The highest BCUT2D eigenvalue weighted by Gasteiger charge is 1.99. The molecule has 2 aromatic carbocycles. The molecule has 0 amide bonds. The van der Waals surface area contributed by atoms with Gasteiger partial charge in [-0.05, 0) is 36.1 Å². The van der Waals surface area contributed by atoms with Gasteiger partial charge in [-0.3, -0.25) is 0 Å². The monoisotopic (exact) mass is 237 g/mol. The molecule has 3 aromatic rings. The Balaban J connectivity index is 1.74. The summed E-state index contributed by atoms with van der Waals surface area (Å²) in [5.41, 5.74) is 3.56. The van der Waals surface area contributed by atoms with Crippen LogP contribution in [-0.4, -0.2) is 4.98 Å². The average Bonchev–Trinajstić information content (AvgIpc) is 2.85. The molecule has 3 rings (SSSR count). The van der Waals surface area contributed by atoms with Crippen LogP contribution >= 0.6 is 0 Å². The molecular formula is C16H15NO. The van der Waals surface area contributed by atoms with E-state index in [4.69, 9.17) is 4.74 Å². The van der Waals surface area contributed by atoms with E-state index in [1.54, 1.807) is 0 Å². The van der Waals surface area contributed by atoms with Gasteiger partial charge in [0.15, 0.2) is 0 Å². The highest BCUT2D eigenvalue weighted by Crippen LogP contribution is 2.20. The number of hydrogen-bond donors (Lipinski definition) is 1. The fourth-order valence-electron chi connectivity index (χ4n) is 1.97. The predicted octanol–water partition coefficient (Wildman–Crippen LogP) is 4.06. The van der Waals surface area contributed by atoms with Crippen LogP contribution in [0.2, 0.25) is 0 Å². The normalized spacial score (nSPS) is 10.7. The fraction of sp³-hybridized carbons (Fsp3) is 0.125. The lowest BCUT2D eigenvalue weighted by Crippen LogP contribution is -1.95. The zero-order chi connectivity index (χ0) is 12.4. The van der Waals surface area contributed by atoms with E-state index in [1.165, 1.54) is 16.5 Å². The molecule has 0 radical (unpaired) electrons. The van der Waals surface area contributed by atoms with Crippen LogP contribution in [0.15, 0.2) is 54.7 Å². The van der Waals surface area contributed by atoms with E-state index < -0.39 is 0 Å². The summed E-state index contributed by atoms with van der Waals surface area (Å²) in [5, 5.41) is 1.21. The van der Waals surface area contributed by atoms with E-state index in [0.29, 0.717) is 6.61 Å². The van der Waals surface area contributed by atoms with Gasteiger partial charge in [0.05, 0.1) is 0 Å². The van der Waals surface area contributed by atoms with Crippen molar-refractivity contribution in [2.75, 3.05) is 0 Å². The first kappa shape index (κ1) is 10.9. The van der Waals surface area contributed by atoms with Gasteiger partial charge in [0.1, 0.15) is 12.4 Å². The van der Waals surface area contributed by atoms with Crippen LogP contribution in [0.4, 0.5) is 0 Å². The highest BCUT2D eigenvalue weighted by molar-refractivity contribution is 5.80. The third kappa shape index (κ3) is 2.23. The number of aromatic nitrogens is 1. The maximum absolute atomic E-state index is 5.79. The molecule has 0 saturated heterocycles. The van der Waals surface area contributed by atoms with Crippen molar-refractivity contribution in [3.8, 4) is 5.75 Å². The lowest BCUT2D eigenvalue weighted by atomic mass is 10.2. The number of H-pyrrole nitrogens is 1. The minimum Gasteiger partial charge on any atom is -0.489 e. The zero-order valence-electron chi connectivity index (χ0n) is 10.3. The van der Waals surface area contributed by atoms with Crippen molar-refractivity contribution in [1.29, 1.82) is 0 Å². The molecule has 0 aliphatic carbocycles. The first-order chi connectivity index (χ1) is 8.81. The van der Waals surface area contributed by atoms with E-state index in [1.807, 2.05) is 18.3 Å². The average molecular weight is 237 g/mol. The molecule has 1 N–H and O–H groups in total. The molecule has 1 aromatic heterocycles. The summed E-state index contributed by atoms with van der Waals surface area (Å²) in [7, 11) is 0. The van der Waals surface area contributed by atoms with E-state index >= 15 is 0 Å². The number of hydrogen-bond acceptors (Lipinski definition) is 1. The third-order valence-corrected chi connectivity index (χ3v) is 3.05. The van der Waals surface area contributed by atoms with Gasteiger partial charge in [-0.15, -0.1) is 0 Å². The SMILES string of the molecule is Cc1ccc(COc2ccc3cc[nH]c3c2)cc1. The summed E-state index contributed by atoms with van der Waals surface area (Å²) in [6, 6.07) is 16.6. The molecule has 90 valence electrons. The summed E-state index contributed by atoms with van der Waals surface area (Å²) in [6.07, 6.45) is 1.94. The van der Waals surface area contributed by atoms with Crippen LogP contribution in [0.5, 0.6) is 5.75 Å². The topological polar surface area (TPSA) is 25.0 Å². The fourth-order valence-corrected chi connectivity index (χ4v) is 1.97. The van der Waals surface area contributed by atoms with Crippen LogP contribution in [-0.2, 0) is 6.61 Å². The van der Waals surface area contributed by atoms with Crippen molar-refractivity contribution in [2.45, 2.75) is 13.5 Å². The maximum Gasteiger partial charge on any atom is 0.121 e. The molecular weight excluding hydrogens is 222 g/mol. The second-order valence-corrected chi connectivity index (χ2v) is 4.50. The van der Waals surface area contributed by atoms with Crippen molar-refractivity contribution >= 4 is 10.9 Å². The standard InChI is InChI=1S/C16H15NO/c1-12-2-4-13(5-3-12)11-18-15-7-6-14-8-9-17-16(14)10-15/h2-10,17H,11H2,1H3. The molecule has 2 nitrogen and oxygen atoms in total. The Morgan fingerprint density at radius 2 is 1.83 bits per heavy atom. The van der Waals surface area contributed by atoms with E-state index in [0.717, 1.165) is 11.3 Å². The largest absolute Gasteiger partial charge is 0.489 e. The van der Waals surface area contributed by atoms with Crippen LogP contribution < -0.4 is 4.74 Å². The second kappa shape index (κ2) is 4.57. The van der Waals surface area contributed by atoms with Crippen molar-refractivity contribution in [3.05, 3.63) is 65.9 Å². The van der Waals surface area contributed by atoms with Crippen molar-refractivity contribution in [2.24, 2.45) is 0 Å². The van der Waals surface area contributed by atoms with E-state index in [9.17, 15) is 0 Å². The molecule has 0 spiro atoms. The maximum atomic E-state index is 5.79. The number of ether oxygens (including phenoxy) is 1. The molecule has 0 unspecified atom stereocenters. The Kier molecular flexibility index (Phi) is 2.77. The molecule has 2 heteroatoms. The van der Waals surface area contributed by atoms with Gasteiger partial charge >= 0.3 is 0 Å². The van der Waals surface area contributed by atoms with E-state index in [2.05, 4.69) is 48.3 Å². The molecule has 0 aliphatic heterocycles. The molecule has 0 saturated carbocycles. The third-order valence-electron chi connectivity index (χ3n) is 3.05. The summed E-state index contributed by atoms with van der Waals surface area (Å²) in [6.45, 7) is 2.69. The Morgan fingerprint density at radius 1 is 1.00 bits per heavy atom. The van der Waals surface area contributed by atoms with Crippen LogP contribution in [0, 0.1) is 6.92 Å². The quantitative estimate of drug-likeness (QED) is 0.730. The van der Waals surface area contributed by atoms with Gasteiger partial charge in [0.2, 0.25) is 0 Å². The van der Waals surface area contributed by atoms with Crippen LogP contribution in [0.25, 0.3) is 10.9 Å². The zero-order valence-corrected chi connectivity index (χ0v) is 10.3. The Labute approximate surface area is 106 Å². The first-order valence-electron chi connectivity index (χ1n) is 6.07. The van der Waals surface area contributed by atoms with E-state index in [-0.39, 0.29) is 0 Å². The van der Waals surface area contributed by atoms with Crippen molar-refractivity contribution in [1.82, 2.24) is 4.98 Å². The Morgan fingerprint density at radius 3 is 2.67 bits per heavy atom. The molecule has 0 aliphatic rings. The minimum absolute atomic E-state index is 0.604. The van der Waals surface area contributed by atoms with Crippen LogP contribution in [0.3, 0.4) is 0 Å². The van der Waals surface area contributed by atoms with Gasteiger partial charge < -0.3 is 9.72 Å². The smallest absolute Gasteiger partial charge is 0.121 e. The summed E-state index contributed by atoms with van der Waals surface area (Å²) >= 11 is 0. The molecule has 0 atom stereocenters. The van der Waals surface area contributed by atoms with Gasteiger partial charge in [0.25, 0.3) is 0 Å². The molecule has 1 heterocycles. The number of nitrogens with one attached hydrogen (secondary N) is 1. The van der Waals surface area contributed by atoms with Crippen LogP contribution in [0.1, 0.15) is 11.1 Å². The number of aryl methyl sites for hydroxylation is 1. The first-order valence-corrected chi connectivity index (χ1v) is 6.07. The van der Waals surface area contributed by atoms with Gasteiger partial charge in [0, 0.05) is 17.8 Å². The second-order valence-electron chi connectivity index (χ2n) is 4.50. The summed E-state index contributed by atoms with van der Waals surface area (Å²) in [5.74, 6) is 0.894. The summed E-state index contributed by atoms with van der Waals surface area (Å²) in [4.78, 5) is 3.19. The lowest BCUT2D eigenvalue weighted by molar-refractivity contribution is 0.306. The molecule has 18 heavy (non-hydrogen) atoms. The number of fused-ring (bicyclic) bond motifs is 1. The van der Waals surface area contributed by atoms with Gasteiger partial charge in [-0.25, -0.2) is 0 Å². The van der Waals surface area contributed by atoms with Gasteiger partial charge in [-0.2, -0.15) is 0 Å². The van der Waals surface area contributed by atoms with Crippen molar-refractivity contribution in [3.63, 3.8) is 0 Å². The van der Waals surface area contributed by atoms with Crippen molar-refractivity contribution < 1.29 is 4.74 Å². The Bertz CT molecular complexity index is 652. The number of aromatic amines is 1. The Hall–Kier alpha value is -2.22.